The highest BCUT2D eigenvalue weighted by Gasteiger charge is 2.17. The Bertz CT molecular complexity index is 781. The van der Waals surface area contributed by atoms with E-state index in [1.54, 1.807) is 13.8 Å². The van der Waals surface area contributed by atoms with E-state index in [4.69, 9.17) is 4.74 Å². The van der Waals surface area contributed by atoms with Crippen molar-refractivity contribution in [1.82, 2.24) is 4.72 Å². The molecule has 0 saturated heterocycles. The van der Waals surface area contributed by atoms with Crippen LogP contribution in [0.3, 0.4) is 0 Å². The molecule has 26 heavy (non-hydrogen) atoms. The Morgan fingerprint density at radius 3 is 1.96 bits per heavy atom. The summed E-state index contributed by atoms with van der Waals surface area (Å²) < 4.78 is 32.1. The van der Waals surface area contributed by atoms with Crippen LogP contribution in [-0.2, 0) is 10.0 Å². The minimum atomic E-state index is -3.23. The highest BCUT2D eigenvalue weighted by atomic mass is 32.2. The van der Waals surface area contributed by atoms with Crippen LogP contribution >= 0.6 is 0 Å². The lowest BCUT2D eigenvalue weighted by Crippen LogP contribution is -2.33. The summed E-state index contributed by atoms with van der Waals surface area (Å²) in [5.74, 6) is 1.00. The highest BCUT2D eigenvalue weighted by Crippen LogP contribution is 2.25. The molecule has 0 aliphatic carbocycles. The van der Waals surface area contributed by atoms with E-state index >= 15 is 0 Å². The predicted molar refractivity (Wildman–Crippen MR) is 108 cm³/mol. The summed E-state index contributed by atoms with van der Waals surface area (Å²) in [5.41, 5.74) is 3.38. The second-order valence-corrected chi connectivity index (χ2v) is 9.16. The van der Waals surface area contributed by atoms with Gasteiger partial charge in [0.1, 0.15) is 5.75 Å². The van der Waals surface area contributed by atoms with E-state index in [1.807, 2.05) is 19.1 Å². The summed E-state index contributed by atoms with van der Waals surface area (Å²) in [4.78, 5) is 0. The average Bonchev–Trinajstić information content (AvgIpc) is 2.65. The minimum absolute atomic E-state index is 0.113. The second-order valence-electron chi connectivity index (χ2n) is 6.84. The van der Waals surface area contributed by atoms with Crippen molar-refractivity contribution in [3.63, 3.8) is 0 Å². The van der Waals surface area contributed by atoms with Gasteiger partial charge in [-0.05, 0) is 55.0 Å². The normalized spacial score (nSPS) is 13.0. The first-order valence-electron chi connectivity index (χ1n) is 9.15. The molecule has 2 aromatic rings. The Balaban J connectivity index is 2.01. The van der Waals surface area contributed by atoms with Gasteiger partial charge in [-0.1, -0.05) is 50.2 Å². The quantitative estimate of drug-likeness (QED) is 0.698. The van der Waals surface area contributed by atoms with Crippen molar-refractivity contribution in [1.29, 1.82) is 0 Å². The van der Waals surface area contributed by atoms with Gasteiger partial charge < -0.3 is 4.74 Å². The van der Waals surface area contributed by atoms with Gasteiger partial charge >= 0.3 is 0 Å². The van der Waals surface area contributed by atoms with Crippen molar-refractivity contribution in [2.24, 2.45) is 0 Å². The Morgan fingerprint density at radius 1 is 0.923 bits per heavy atom. The molecule has 0 bridgehead atoms. The second kappa shape index (κ2) is 9.19. The summed E-state index contributed by atoms with van der Waals surface area (Å²) in [6.45, 7) is 8.61. The Labute approximate surface area is 157 Å². The standard InChI is InChI=1S/C21H29NO3S/c1-5-14-25-21-12-10-20(11-13-21)19-8-6-18(7-9-19)17(4)15-22-26(23,24)16(2)3/h6-13,16-17,22H,5,14-15H2,1-4H3. The number of ether oxygens (including phenoxy) is 1. The molecule has 0 spiro atoms. The van der Waals surface area contributed by atoms with Crippen LogP contribution in [0.5, 0.6) is 5.75 Å². The summed E-state index contributed by atoms with van der Waals surface area (Å²) in [6.07, 6.45) is 0.995. The highest BCUT2D eigenvalue weighted by molar-refractivity contribution is 7.90. The first-order chi connectivity index (χ1) is 12.3. The molecule has 2 aromatic carbocycles. The number of sulfonamides is 1. The summed E-state index contributed by atoms with van der Waals surface area (Å²) in [5, 5.41) is -0.415. The lowest BCUT2D eigenvalue weighted by atomic mass is 9.98. The number of hydrogen-bond acceptors (Lipinski definition) is 3. The van der Waals surface area contributed by atoms with Crippen LogP contribution in [0.2, 0.25) is 0 Å². The zero-order valence-corrected chi connectivity index (χ0v) is 16.8. The van der Waals surface area contributed by atoms with Crippen molar-refractivity contribution in [3.8, 4) is 16.9 Å². The first kappa shape index (κ1) is 20.5. The van der Waals surface area contributed by atoms with Crippen LogP contribution in [0.1, 0.15) is 45.6 Å². The van der Waals surface area contributed by atoms with Crippen molar-refractivity contribution in [3.05, 3.63) is 54.1 Å². The van der Waals surface area contributed by atoms with Crippen LogP contribution in [0.4, 0.5) is 0 Å². The van der Waals surface area contributed by atoms with Crippen LogP contribution in [0.15, 0.2) is 48.5 Å². The molecule has 2 rings (SSSR count). The lowest BCUT2D eigenvalue weighted by molar-refractivity contribution is 0.317. The van der Waals surface area contributed by atoms with E-state index < -0.39 is 15.3 Å². The lowest BCUT2D eigenvalue weighted by Gasteiger charge is -2.15. The molecule has 1 N–H and O–H groups in total. The first-order valence-corrected chi connectivity index (χ1v) is 10.7. The molecule has 0 aromatic heterocycles. The maximum Gasteiger partial charge on any atom is 0.213 e. The Kier molecular flexibility index (Phi) is 7.23. The van der Waals surface area contributed by atoms with Crippen molar-refractivity contribution in [2.75, 3.05) is 13.2 Å². The van der Waals surface area contributed by atoms with Gasteiger partial charge in [0, 0.05) is 6.54 Å². The maximum atomic E-state index is 11.9. The van der Waals surface area contributed by atoms with Gasteiger partial charge in [-0.2, -0.15) is 0 Å². The smallest absolute Gasteiger partial charge is 0.213 e. The van der Waals surface area contributed by atoms with Crippen LogP contribution in [-0.4, -0.2) is 26.8 Å². The molecule has 1 unspecified atom stereocenters. The fourth-order valence-corrected chi connectivity index (χ4v) is 3.31. The Morgan fingerprint density at radius 2 is 1.46 bits per heavy atom. The Hall–Kier alpha value is -1.85. The van der Waals surface area contributed by atoms with Crippen LogP contribution in [0.25, 0.3) is 11.1 Å². The number of benzene rings is 2. The molecular formula is C21H29NO3S. The van der Waals surface area contributed by atoms with E-state index in [1.165, 1.54) is 0 Å². The topological polar surface area (TPSA) is 55.4 Å². The molecule has 0 saturated carbocycles. The fraction of sp³-hybridized carbons (Fsp3) is 0.429. The van der Waals surface area contributed by atoms with Gasteiger partial charge in [-0.15, -0.1) is 0 Å². The average molecular weight is 376 g/mol. The molecule has 0 amide bonds. The zero-order valence-electron chi connectivity index (χ0n) is 16.0. The van der Waals surface area contributed by atoms with E-state index in [0.29, 0.717) is 6.54 Å². The minimum Gasteiger partial charge on any atom is -0.494 e. The summed E-state index contributed by atoms with van der Waals surface area (Å²) >= 11 is 0. The molecule has 142 valence electrons. The fourth-order valence-electron chi connectivity index (χ4n) is 2.49. The monoisotopic (exact) mass is 375 g/mol. The predicted octanol–water partition coefficient (Wildman–Crippen LogP) is 4.57. The molecule has 0 aliphatic rings. The van der Waals surface area contributed by atoms with Gasteiger partial charge in [-0.25, -0.2) is 13.1 Å². The third kappa shape index (κ3) is 5.58. The van der Waals surface area contributed by atoms with Gasteiger partial charge in [0.2, 0.25) is 10.0 Å². The molecule has 1 atom stereocenters. The van der Waals surface area contributed by atoms with Crippen LogP contribution in [0, 0.1) is 0 Å². The number of nitrogens with one attached hydrogen (secondary N) is 1. The van der Waals surface area contributed by atoms with Crippen molar-refractivity contribution in [2.45, 2.75) is 45.3 Å². The third-order valence-corrected chi connectivity index (χ3v) is 6.16. The summed E-state index contributed by atoms with van der Waals surface area (Å²) in [6, 6.07) is 16.4. The molecule has 5 heteroatoms. The van der Waals surface area contributed by atoms with E-state index in [2.05, 4.69) is 48.0 Å². The van der Waals surface area contributed by atoms with E-state index in [0.717, 1.165) is 35.5 Å². The van der Waals surface area contributed by atoms with Gasteiger partial charge in [-0.3, -0.25) is 0 Å². The molecule has 0 radical (unpaired) electrons. The molecular weight excluding hydrogens is 346 g/mol. The maximum absolute atomic E-state index is 11.9. The van der Waals surface area contributed by atoms with Crippen molar-refractivity contribution >= 4 is 10.0 Å². The third-order valence-electron chi connectivity index (χ3n) is 4.35. The van der Waals surface area contributed by atoms with E-state index in [-0.39, 0.29) is 5.92 Å². The van der Waals surface area contributed by atoms with Gasteiger partial charge in [0.25, 0.3) is 0 Å². The van der Waals surface area contributed by atoms with Crippen LogP contribution < -0.4 is 9.46 Å². The van der Waals surface area contributed by atoms with E-state index in [9.17, 15) is 8.42 Å². The van der Waals surface area contributed by atoms with Gasteiger partial charge in [0.15, 0.2) is 0 Å². The molecule has 0 fully saturated rings. The zero-order chi connectivity index (χ0) is 19.2. The molecule has 0 aliphatic heterocycles. The molecule has 0 heterocycles. The number of hydrogen-bond donors (Lipinski definition) is 1. The van der Waals surface area contributed by atoms with Crippen molar-refractivity contribution < 1.29 is 13.2 Å². The molecule has 4 nitrogen and oxygen atoms in total. The SMILES string of the molecule is CCCOc1ccc(-c2ccc(C(C)CNS(=O)(=O)C(C)C)cc2)cc1. The van der Waals surface area contributed by atoms with Gasteiger partial charge in [0.05, 0.1) is 11.9 Å². The number of rotatable bonds is 9. The largest absolute Gasteiger partial charge is 0.494 e. The summed E-state index contributed by atoms with van der Waals surface area (Å²) in [7, 11) is -3.23.